The Balaban J connectivity index is 1.63. The Morgan fingerprint density at radius 1 is 1.15 bits per heavy atom. The molecule has 1 N–H and O–H groups in total. The molecule has 0 saturated carbocycles. The number of hydrogen-bond donors (Lipinski definition) is 1. The predicted molar refractivity (Wildman–Crippen MR) is 126 cm³/mol. The molecule has 8 heteroatoms. The van der Waals surface area contributed by atoms with Gasteiger partial charge in [0, 0.05) is 19.2 Å². The largest absolute Gasteiger partial charge is 0.496 e. The third kappa shape index (κ3) is 3.76. The number of ether oxygens (including phenoxy) is 1. The molecular formula is C25H26N4O4. The van der Waals surface area contributed by atoms with Crippen molar-refractivity contribution < 1.29 is 14.4 Å². The number of aliphatic hydroxyl groups excluding tert-OH is 1. The first-order valence-corrected chi connectivity index (χ1v) is 11.0. The SMILES string of the molecule is COc1ccc2ccc(=O)n(Cc3ccc(N4CCC(O)C4)cn3)c2c1-c1c(C)noc1C. The van der Waals surface area contributed by atoms with Gasteiger partial charge in [-0.15, -0.1) is 0 Å². The highest BCUT2D eigenvalue weighted by molar-refractivity contribution is 5.98. The second kappa shape index (κ2) is 8.37. The van der Waals surface area contributed by atoms with Crippen LogP contribution < -0.4 is 15.2 Å². The Hall–Kier alpha value is -3.65. The summed E-state index contributed by atoms with van der Waals surface area (Å²) >= 11 is 0. The minimum atomic E-state index is -0.295. The number of aromatic nitrogens is 3. The van der Waals surface area contributed by atoms with Crippen LogP contribution in [0.1, 0.15) is 23.6 Å². The second-order valence-corrected chi connectivity index (χ2v) is 8.43. The molecule has 1 saturated heterocycles. The summed E-state index contributed by atoms with van der Waals surface area (Å²) in [5, 5.41) is 14.8. The molecule has 0 spiro atoms. The standard InChI is InChI=1S/C25H26N4O4/c1-15-23(16(2)33-27-15)24-21(32-3)8-4-17-5-9-22(31)29(25(17)24)13-18-6-7-19(12-26-18)28-11-10-20(30)14-28/h4-9,12,20,30H,10-11,13-14H2,1-3H3. The molecule has 0 radical (unpaired) electrons. The van der Waals surface area contributed by atoms with Crippen LogP contribution in [0.4, 0.5) is 5.69 Å². The number of benzene rings is 1. The molecule has 1 atom stereocenters. The van der Waals surface area contributed by atoms with E-state index in [-0.39, 0.29) is 11.7 Å². The normalized spacial score (nSPS) is 16.0. The number of aryl methyl sites for hydroxylation is 2. The van der Waals surface area contributed by atoms with Crippen molar-refractivity contribution in [2.45, 2.75) is 32.9 Å². The molecule has 0 aliphatic carbocycles. The average molecular weight is 447 g/mol. The second-order valence-electron chi connectivity index (χ2n) is 8.43. The molecule has 1 aromatic carbocycles. The molecule has 8 nitrogen and oxygen atoms in total. The van der Waals surface area contributed by atoms with Gasteiger partial charge in [-0.25, -0.2) is 0 Å². The van der Waals surface area contributed by atoms with Gasteiger partial charge in [0.2, 0.25) is 0 Å². The summed E-state index contributed by atoms with van der Waals surface area (Å²) in [6.45, 7) is 5.47. The van der Waals surface area contributed by atoms with Crippen LogP contribution in [0.5, 0.6) is 5.75 Å². The van der Waals surface area contributed by atoms with Gasteiger partial charge in [0.25, 0.3) is 5.56 Å². The average Bonchev–Trinajstić information content (AvgIpc) is 3.40. The zero-order valence-corrected chi connectivity index (χ0v) is 18.9. The zero-order chi connectivity index (χ0) is 23.1. The number of anilines is 1. The monoisotopic (exact) mass is 446 g/mol. The molecule has 4 aromatic rings. The van der Waals surface area contributed by atoms with Crippen LogP contribution in [-0.4, -0.2) is 46.1 Å². The lowest BCUT2D eigenvalue weighted by Crippen LogP contribution is -2.22. The van der Waals surface area contributed by atoms with Crippen LogP contribution in [0.15, 0.2) is 51.9 Å². The first-order valence-electron chi connectivity index (χ1n) is 11.0. The molecule has 5 rings (SSSR count). The Morgan fingerprint density at radius 3 is 2.61 bits per heavy atom. The number of rotatable bonds is 5. The van der Waals surface area contributed by atoms with Crippen molar-refractivity contribution in [1.82, 2.24) is 14.7 Å². The molecular weight excluding hydrogens is 420 g/mol. The maximum absolute atomic E-state index is 13.1. The Labute approximate surface area is 191 Å². The van der Waals surface area contributed by atoms with Crippen LogP contribution in [0.2, 0.25) is 0 Å². The summed E-state index contributed by atoms with van der Waals surface area (Å²) in [5.41, 5.74) is 4.71. The Bertz CT molecular complexity index is 1350. The van der Waals surface area contributed by atoms with E-state index in [0.29, 0.717) is 24.6 Å². The topological polar surface area (TPSA) is 93.6 Å². The van der Waals surface area contributed by atoms with Gasteiger partial charge in [-0.05, 0) is 56.0 Å². The maximum atomic E-state index is 13.1. The van der Waals surface area contributed by atoms with Crippen molar-refractivity contribution in [3.8, 4) is 16.9 Å². The molecule has 170 valence electrons. The van der Waals surface area contributed by atoms with Crippen LogP contribution in [0, 0.1) is 13.8 Å². The summed E-state index contributed by atoms with van der Waals surface area (Å²) in [4.78, 5) is 19.8. The van der Waals surface area contributed by atoms with Crippen molar-refractivity contribution in [3.63, 3.8) is 0 Å². The molecule has 3 aromatic heterocycles. The van der Waals surface area contributed by atoms with Gasteiger partial charge >= 0.3 is 0 Å². The number of pyridine rings is 2. The van der Waals surface area contributed by atoms with E-state index in [2.05, 4.69) is 15.0 Å². The smallest absolute Gasteiger partial charge is 0.251 e. The number of nitrogens with zero attached hydrogens (tertiary/aromatic N) is 4. The van der Waals surface area contributed by atoms with E-state index in [9.17, 15) is 9.90 Å². The highest BCUT2D eigenvalue weighted by Gasteiger charge is 2.23. The zero-order valence-electron chi connectivity index (χ0n) is 18.9. The van der Waals surface area contributed by atoms with Crippen LogP contribution in [-0.2, 0) is 6.54 Å². The lowest BCUT2D eigenvalue weighted by molar-refractivity contribution is 0.198. The minimum Gasteiger partial charge on any atom is -0.496 e. The highest BCUT2D eigenvalue weighted by atomic mass is 16.5. The summed E-state index contributed by atoms with van der Waals surface area (Å²) in [6, 6.07) is 11.2. The summed E-state index contributed by atoms with van der Waals surface area (Å²) < 4.78 is 12.8. The van der Waals surface area contributed by atoms with Gasteiger partial charge in [-0.2, -0.15) is 0 Å². The molecule has 33 heavy (non-hydrogen) atoms. The summed E-state index contributed by atoms with van der Waals surface area (Å²) in [6.07, 6.45) is 2.27. The molecule has 1 unspecified atom stereocenters. The first kappa shape index (κ1) is 21.2. The number of fused-ring (bicyclic) bond motifs is 1. The fourth-order valence-electron chi connectivity index (χ4n) is 4.62. The van der Waals surface area contributed by atoms with Crippen molar-refractivity contribution in [2.24, 2.45) is 0 Å². The van der Waals surface area contributed by atoms with Gasteiger partial charge in [-0.3, -0.25) is 9.78 Å². The van der Waals surface area contributed by atoms with Crippen molar-refractivity contribution in [3.05, 3.63) is 70.1 Å². The van der Waals surface area contributed by atoms with E-state index >= 15 is 0 Å². The molecule has 1 aliphatic heterocycles. The predicted octanol–water partition coefficient (Wildman–Crippen LogP) is 3.30. The van der Waals surface area contributed by atoms with Crippen LogP contribution in [0.3, 0.4) is 0 Å². The Morgan fingerprint density at radius 2 is 1.97 bits per heavy atom. The third-order valence-corrected chi connectivity index (χ3v) is 6.27. The molecule has 0 amide bonds. The first-order chi connectivity index (χ1) is 16.0. The number of methoxy groups -OCH3 is 1. The fourth-order valence-corrected chi connectivity index (χ4v) is 4.62. The Kier molecular flexibility index (Phi) is 5.38. The fraction of sp³-hybridized carbons (Fsp3) is 0.320. The maximum Gasteiger partial charge on any atom is 0.251 e. The van der Waals surface area contributed by atoms with Gasteiger partial charge in [0.05, 0.1) is 59.7 Å². The lowest BCUT2D eigenvalue weighted by atomic mass is 9.99. The molecule has 1 fully saturated rings. The van der Waals surface area contributed by atoms with E-state index in [1.165, 1.54) is 0 Å². The van der Waals surface area contributed by atoms with Crippen molar-refractivity contribution in [1.29, 1.82) is 0 Å². The van der Waals surface area contributed by atoms with E-state index in [0.717, 1.165) is 52.1 Å². The van der Waals surface area contributed by atoms with Gasteiger partial charge in [-0.1, -0.05) is 5.16 Å². The summed E-state index contributed by atoms with van der Waals surface area (Å²) in [7, 11) is 1.61. The molecule has 1 aliphatic rings. The van der Waals surface area contributed by atoms with Gasteiger partial charge in [0.15, 0.2) is 0 Å². The highest BCUT2D eigenvalue weighted by Crippen LogP contribution is 2.40. The van der Waals surface area contributed by atoms with Gasteiger partial charge < -0.3 is 23.8 Å². The van der Waals surface area contributed by atoms with Crippen molar-refractivity contribution >= 4 is 16.6 Å². The van der Waals surface area contributed by atoms with Crippen LogP contribution >= 0.6 is 0 Å². The van der Waals surface area contributed by atoms with E-state index < -0.39 is 0 Å². The number of aliphatic hydroxyl groups is 1. The summed E-state index contributed by atoms with van der Waals surface area (Å²) in [5.74, 6) is 1.31. The molecule has 0 bridgehead atoms. The van der Waals surface area contributed by atoms with Gasteiger partial charge in [0.1, 0.15) is 11.5 Å². The van der Waals surface area contributed by atoms with E-state index in [1.807, 2.05) is 44.2 Å². The van der Waals surface area contributed by atoms with E-state index in [1.54, 1.807) is 23.9 Å². The van der Waals surface area contributed by atoms with Crippen molar-refractivity contribution in [2.75, 3.05) is 25.1 Å². The lowest BCUT2D eigenvalue weighted by Gasteiger charge is -2.19. The molecule has 4 heterocycles. The number of β-amino-alcohol motifs (C(OH)–C–C–N with tert-alkyl or cyclic N) is 1. The number of hydrogen-bond acceptors (Lipinski definition) is 7. The van der Waals surface area contributed by atoms with E-state index in [4.69, 9.17) is 9.26 Å². The van der Waals surface area contributed by atoms with Crippen LogP contribution in [0.25, 0.3) is 22.0 Å². The minimum absolute atomic E-state index is 0.127. The quantitative estimate of drug-likeness (QED) is 0.503. The third-order valence-electron chi connectivity index (χ3n) is 6.27.